The highest BCUT2D eigenvalue weighted by molar-refractivity contribution is 6.01. The summed E-state index contributed by atoms with van der Waals surface area (Å²) in [5.74, 6) is -0.530. The molecule has 3 aromatic rings. The zero-order chi connectivity index (χ0) is 22.5. The minimum Gasteiger partial charge on any atom is -0.497 e. The molecule has 5 nitrogen and oxygen atoms in total. The van der Waals surface area contributed by atoms with E-state index < -0.39 is 11.9 Å². The first-order valence-corrected chi connectivity index (χ1v) is 10.2. The van der Waals surface area contributed by atoms with Gasteiger partial charge in [0.05, 0.1) is 19.4 Å². The van der Waals surface area contributed by atoms with Crippen molar-refractivity contribution in [2.75, 3.05) is 13.7 Å². The number of benzene rings is 3. The van der Waals surface area contributed by atoms with E-state index in [0.29, 0.717) is 23.4 Å². The fourth-order valence-electron chi connectivity index (χ4n) is 3.64. The highest BCUT2D eigenvalue weighted by Crippen LogP contribution is 2.22. The summed E-state index contributed by atoms with van der Waals surface area (Å²) >= 11 is 0. The quantitative estimate of drug-likeness (QED) is 0.534. The van der Waals surface area contributed by atoms with Crippen LogP contribution in [0.5, 0.6) is 5.75 Å². The average Bonchev–Trinajstić information content (AvgIpc) is 3.27. The monoisotopic (exact) mass is 436 g/mol. The van der Waals surface area contributed by atoms with Crippen LogP contribution >= 0.6 is 0 Å². The molecular formula is C25H22F2N2O3. The number of hydrogen-bond acceptors (Lipinski definition) is 4. The third kappa shape index (κ3) is 4.94. The summed E-state index contributed by atoms with van der Waals surface area (Å²) in [6.07, 6.45) is -0.0980. The molecule has 0 unspecified atom stereocenters. The van der Waals surface area contributed by atoms with Gasteiger partial charge in [-0.2, -0.15) is 0 Å². The second-order valence-corrected chi connectivity index (χ2v) is 7.50. The molecule has 0 N–H and O–H groups in total. The molecule has 0 fully saturated rings. The molecule has 1 aliphatic heterocycles. The number of amides is 1. The Morgan fingerprint density at radius 2 is 1.91 bits per heavy atom. The van der Waals surface area contributed by atoms with Crippen LogP contribution in [0.1, 0.15) is 27.9 Å². The second kappa shape index (κ2) is 9.60. The maximum absolute atomic E-state index is 14.1. The van der Waals surface area contributed by atoms with E-state index in [9.17, 15) is 13.6 Å². The molecule has 0 spiro atoms. The predicted octanol–water partition coefficient (Wildman–Crippen LogP) is 4.81. The van der Waals surface area contributed by atoms with E-state index >= 15 is 0 Å². The standard InChI is InChI=1S/C25H22F2N2O3/c1-31-20-9-4-6-17(12-20)15-29(25(30)18-7-5-8-19(26)13-18)16-21-14-24(28-32-21)22-10-2-3-11-23(22)27/h2-13,21H,14-16H2,1H3/t21-/m1/s1. The number of methoxy groups -OCH3 is 1. The molecule has 0 aromatic heterocycles. The van der Waals surface area contributed by atoms with Gasteiger partial charge >= 0.3 is 0 Å². The lowest BCUT2D eigenvalue weighted by molar-refractivity contribution is 0.0405. The predicted molar refractivity (Wildman–Crippen MR) is 117 cm³/mol. The Labute approximate surface area is 184 Å². The molecule has 1 atom stereocenters. The molecule has 0 saturated carbocycles. The number of nitrogens with zero attached hydrogens (tertiary/aromatic N) is 2. The summed E-state index contributed by atoms with van der Waals surface area (Å²) in [5.41, 5.74) is 1.96. The van der Waals surface area contributed by atoms with Crippen LogP contribution in [0.3, 0.4) is 0 Å². The van der Waals surface area contributed by atoms with E-state index in [0.717, 1.165) is 5.56 Å². The van der Waals surface area contributed by atoms with Gasteiger partial charge < -0.3 is 14.5 Å². The van der Waals surface area contributed by atoms with Crippen molar-refractivity contribution in [3.05, 3.63) is 101 Å². The lowest BCUT2D eigenvalue weighted by atomic mass is 10.0. The van der Waals surface area contributed by atoms with Crippen molar-refractivity contribution >= 4 is 11.6 Å². The molecule has 4 rings (SSSR count). The molecular weight excluding hydrogens is 414 g/mol. The molecule has 1 amide bonds. The molecule has 1 aliphatic rings. The number of ether oxygens (including phenoxy) is 1. The lowest BCUT2D eigenvalue weighted by Crippen LogP contribution is -2.37. The van der Waals surface area contributed by atoms with Crippen molar-refractivity contribution in [3.63, 3.8) is 0 Å². The van der Waals surface area contributed by atoms with Gasteiger partial charge in [-0.3, -0.25) is 4.79 Å². The number of rotatable bonds is 7. The molecule has 3 aromatic carbocycles. The van der Waals surface area contributed by atoms with E-state index in [4.69, 9.17) is 9.57 Å². The summed E-state index contributed by atoms with van der Waals surface area (Å²) in [7, 11) is 1.57. The zero-order valence-corrected chi connectivity index (χ0v) is 17.5. The Morgan fingerprint density at radius 3 is 2.69 bits per heavy atom. The highest BCUT2D eigenvalue weighted by Gasteiger charge is 2.28. The molecule has 164 valence electrons. The minimum absolute atomic E-state index is 0.202. The topological polar surface area (TPSA) is 51.1 Å². The van der Waals surface area contributed by atoms with Crippen LogP contribution in [-0.2, 0) is 11.4 Å². The second-order valence-electron chi connectivity index (χ2n) is 7.50. The first-order valence-electron chi connectivity index (χ1n) is 10.2. The molecule has 32 heavy (non-hydrogen) atoms. The number of carbonyl (C=O) groups is 1. The van der Waals surface area contributed by atoms with Crippen molar-refractivity contribution < 1.29 is 23.1 Å². The van der Waals surface area contributed by atoms with Crippen molar-refractivity contribution in [2.45, 2.75) is 19.1 Å². The number of oxime groups is 1. The number of hydrogen-bond donors (Lipinski definition) is 0. The summed E-state index contributed by atoms with van der Waals surface area (Å²) in [5, 5.41) is 4.04. The van der Waals surface area contributed by atoms with Gasteiger partial charge in [-0.25, -0.2) is 8.78 Å². The average molecular weight is 436 g/mol. The van der Waals surface area contributed by atoms with E-state index in [2.05, 4.69) is 5.16 Å². The summed E-state index contributed by atoms with van der Waals surface area (Å²) in [6, 6.07) is 19.3. The van der Waals surface area contributed by atoms with Gasteiger partial charge in [-0.1, -0.05) is 41.6 Å². The summed E-state index contributed by atoms with van der Waals surface area (Å²) in [4.78, 5) is 20.3. The van der Waals surface area contributed by atoms with E-state index in [1.54, 1.807) is 36.3 Å². The van der Waals surface area contributed by atoms with Gasteiger partial charge in [-0.15, -0.1) is 0 Å². The van der Waals surface area contributed by atoms with E-state index in [1.165, 1.54) is 24.3 Å². The Bertz CT molecular complexity index is 1150. The molecule has 0 aliphatic carbocycles. The summed E-state index contributed by atoms with van der Waals surface area (Å²) in [6.45, 7) is 0.468. The van der Waals surface area contributed by atoms with E-state index in [1.807, 2.05) is 24.3 Å². The van der Waals surface area contributed by atoms with Crippen molar-refractivity contribution in [3.8, 4) is 5.75 Å². The SMILES string of the molecule is COc1cccc(CN(C[C@H]2CC(c3ccccc3F)=NO2)C(=O)c2cccc(F)c2)c1. The maximum Gasteiger partial charge on any atom is 0.254 e. The Hall–Kier alpha value is -3.74. The Balaban J connectivity index is 1.54. The first kappa shape index (κ1) is 21.5. The van der Waals surface area contributed by atoms with Crippen LogP contribution in [0.15, 0.2) is 78.0 Å². The lowest BCUT2D eigenvalue weighted by Gasteiger charge is -2.25. The third-order valence-corrected chi connectivity index (χ3v) is 5.21. The van der Waals surface area contributed by atoms with Gasteiger partial charge in [-0.05, 0) is 42.0 Å². The van der Waals surface area contributed by atoms with Gasteiger partial charge in [0.15, 0.2) is 6.10 Å². The van der Waals surface area contributed by atoms with Crippen molar-refractivity contribution in [1.82, 2.24) is 4.90 Å². The molecule has 0 bridgehead atoms. The Morgan fingerprint density at radius 1 is 1.09 bits per heavy atom. The van der Waals surface area contributed by atoms with Gasteiger partial charge in [0.25, 0.3) is 5.91 Å². The van der Waals surface area contributed by atoms with Crippen LogP contribution < -0.4 is 4.74 Å². The van der Waals surface area contributed by atoms with Gasteiger partial charge in [0.2, 0.25) is 0 Å². The molecule has 0 saturated heterocycles. The number of halogens is 2. The van der Waals surface area contributed by atoms with Crippen molar-refractivity contribution in [2.24, 2.45) is 5.16 Å². The van der Waals surface area contributed by atoms with Gasteiger partial charge in [0, 0.05) is 24.1 Å². The molecule has 7 heteroatoms. The van der Waals surface area contributed by atoms with Crippen molar-refractivity contribution in [1.29, 1.82) is 0 Å². The minimum atomic E-state index is -0.487. The van der Waals surface area contributed by atoms with Crippen LogP contribution in [0, 0.1) is 11.6 Å². The smallest absolute Gasteiger partial charge is 0.254 e. The van der Waals surface area contributed by atoms with Crippen LogP contribution in [-0.4, -0.2) is 36.3 Å². The molecule has 0 radical (unpaired) electrons. The van der Waals surface area contributed by atoms with E-state index in [-0.39, 0.29) is 30.4 Å². The van der Waals surface area contributed by atoms with Crippen LogP contribution in [0.25, 0.3) is 0 Å². The first-order chi connectivity index (χ1) is 15.5. The fraction of sp³-hybridized carbons (Fsp3) is 0.200. The third-order valence-electron chi connectivity index (χ3n) is 5.21. The highest BCUT2D eigenvalue weighted by atomic mass is 19.1. The molecule has 1 heterocycles. The Kier molecular flexibility index (Phi) is 6.44. The van der Waals surface area contributed by atoms with Gasteiger partial charge in [0.1, 0.15) is 17.4 Å². The van der Waals surface area contributed by atoms with Crippen LogP contribution in [0.2, 0.25) is 0 Å². The fourth-order valence-corrected chi connectivity index (χ4v) is 3.64. The maximum atomic E-state index is 14.1. The summed E-state index contributed by atoms with van der Waals surface area (Å²) < 4.78 is 33.1. The largest absolute Gasteiger partial charge is 0.497 e. The normalized spacial score (nSPS) is 15.1. The van der Waals surface area contributed by atoms with Crippen LogP contribution in [0.4, 0.5) is 8.78 Å². The number of carbonyl (C=O) groups excluding carboxylic acids is 1. The zero-order valence-electron chi connectivity index (χ0n) is 17.5.